The highest BCUT2D eigenvalue weighted by Crippen LogP contribution is 2.12. The predicted octanol–water partition coefficient (Wildman–Crippen LogP) is 1.89. The van der Waals surface area contributed by atoms with Crippen molar-refractivity contribution in [2.75, 3.05) is 5.32 Å². The summed E-state index contributed by atoms with van der Waals surface area (Å²) >= 11 is 0. The number of amides is 2. The SMILES string of the molecule is CCC(C)(C)NC(=O)C(C)Nc1ccc(C(N)=O)cc1. The van der Waals surface area contributed by atoms with Crippen LogP contribution in [0.15, 0.2) is 24.3 Å². The molecule has 0 aliphatic carbocycles. The van der Waals surface area contributed by atoms with Gasteiger partial charge in [0.2, 0.25) is 11.8 Å². The first-order chi connectivity index (χ1) is 9.25. The maximum Gasteiger partial charge on any atom is 0.248 e. The van der Waals surface area contributed by atoms with Gasteiger partial charge in [0.05, 0.1) is 0 Å². The minimum absolute atomic E-state index is 0.0594. The number of anilines is 1. The normalized spacial score (nSPS) is 12.6. The third kappa shape index (κ3) is 4.57. The second-order valence-corrected chi connectivity index (χ2v) is 5.53. The molecule has 110 valence electrons. The highest BCUT2D eigenvalue weighted by Gasteiger charge is 2.21. The summed E-state index contributed by atoms with van der Waals surface area (Å²) in [7, 11) is 0. The fourth-order valence-electron chi connectivity index (χ4n) is 1.58. The molecule has 0 aliphatic heterocycles. The Labute approximate surface area is 119 Å². The van der Waals surface area contributed by atoms with Crippen molar-refractivity contribution in [3.63, 3.8) is 0 Å². The maximum absolute atomic E-state index is 12.0. The van der Waals surface area contributed by atoms with Crippen molar-refractivity contribution in [3.8, 4) is 0 Å². The molecular weight excluding hydrogens is 254 g/mol. The molecule has 0 saturated heterocycles. The van der Waals surface area contributed by atoms with Crippen molar-refractivity contribution in [1.82, 2.24) is 5.32 Å². The van der Waals surface area contributed by atoms with Gasteiger partial charge in [0.25, 0.3) is 0 Å². The first kappa shape index (κ1) is 16.0. The van der Waals surface area contributed by atoms with Crippen LogP contribution in [-0.2, 0) is 4.79 Å². The largest absolute Gasteiger partial charge is 0.374 e. The van der Waals surface area contributed by atoms with E-state index in [1.54, 1.807) is 31.2 Å². The molecule has 5 nitrogen and oxygen atoms in total. The zero-order valence-electron chi connectivity index (χ0n) is 12.5. The van der Waals surface area contributed by atoms with E-state index in [0.717, 1.165) is 12.1 Å². The highest BCUT2D eigenvalue weighted by atomic mass is 16.2. The van der Waals surface area contributed by atoms with E-state index in [1.807, 2.05) is 20.8 Å². The standard InChI is InChI=1S/C15H23N3O2/c1-5-15(3,4)18-14(20)10(2)17-12-8-6-11(7-9-12)13(16)19/h6-10,17H,5H2,1-4H3,(H2,16,19)(H,18,20). The lowest BCUT2D eigenvalue weighted by Gasteiger charge is -2.27. The van der Waals surface area contributed by atoms with Crippen LogP contribution in [0.5, 0.6) is 0 Å². The number of primary amides is 1. The minimum atomic E-state index is -0.466. The Hall–Kier alpha value is -2.04. The van der Waals surface area contributed by atoms with Crippen molar-refractivity contribution in [2.45, 2.75) is 45.7 Å². The van der Waals surface area contributed by atoms with Gasteiger partial charge >= 0.3 is 0 Å². The molecular formula is C15H23N3O2. The average molecular weight is 277 g/mol. The van der Waals surface area contributed by atoms with Gasteiger partial charge in [-0.25, -0.2) is 0 Å². The Morgan fingerprint density at radius 2 is 1.80 bits per heavy atom. The molecule has 1 atom stereocenters. The van der Waals surface area contributed by atoms with Crippen molar-refractivity contribution >= 4 is 17.5 Å². The summed E-state index contributed by atoms with van der Waals surface area (Å²) in [6.45, 7) is 7.79. The first-order valence-corrected chi connectivity index (χ1v) is 6.73. The Bertz CT molecular complexity index is 480. The molecule has 1 aromatic carbocycles. The number of benzene rings is 1. The van der Waals surface area contributed by atoms with Gasteiger partial charge < -0.3 is 16.4 Å². The number of nitrogens with two attached hydrogens (primary N) is 1. The van der Waals surface area contributed by atoms with E-state index >= 15 is 0 Å². The average Bonchev–Trinajstić information content (AvgIpc) is 2.38. The van der Waals surface area contributed by atoms with E-state index in [9.17, 15) is 9.59 Å². The van der Waals surface area contributed by atoms with Gasteiger partial charge in [-0.1, -0.05) is 6.92 Å². The number of rotatable bonds is 6. The first-order valence-electron chi connectivity index (χ1n) is 6.73. The van der Waals surface area contributed by atoms with Crippen molar-refractivity contribution in [2.24, 2.45) is 5.73 Å². The van der Waals surface area contributed by atoms with Crippen LogP contribution in [0.1, 0.15) is 44.5 Å². The Morgan fingerprint density at radius 1 is 1.25 bits per heavy atom. The van der Waals surface area contributed by atoms with Crippen LogP contribution in [0.4, 0.5) is 5.69 Å². The summed E-state index contributed by atoms with van der Waals surface area (Å²) in [6.07, 6.45) is 0.860. The van der Waals surface area contributed by atoms with Crippen molar-refractivity contribution < 1.29 is 9.59 Å². The van der Waals surface area contributed by atoms with E-state index in [-0.39, 0.29) is 17.5 Å². The van der Waals surface area contributed by atoms with Crippen LogP contribution in [0.3, 0.4) is 0 Å². The lowest BCUT2D eigenvalue weighted by molar-refractivity contribution is -0.123. The van der Waals surface area contributed by atoms with Crippen LogP contribution >= 0.6 is 0 Å². The highest BCUT2D eigenvalue weighted by molar-refractivity contribution is 5.93. The van der Waals surface area contributed by atoms with Crippen molar-refractivity contribution in [3.05, 3.63) is 29.8 Å². The molecule has 0 aromatic heterocycles. The molecule has 1 rings (SSSR count). The molecule has 0 bridgehead atoms. The number of hydrogen-bond donors (Lipinski definition) is 3. The van der Waals surface area contributed by atoms with Crippen molar-refractivity contribution in [1.29, 1.82) is 0 Å². The smallest absolute Gasteiger partial charge is 0.248 e. The predicted molar refractivity (Wildman–Crippen MR) is 80.6 cm³/mol. The van der Waals surface area contributed by atoms with E-state index in [4.69, 9.17) is 5.73 Å². The van der Waals surface area contributed by atoms with Crippen LogP contribution in [0, 0.1) is 0 Å². The van der Waals surface area contributed by atoms with Gasteiger partial charge in [-0.2, -0.15) is 0 Å². The molecule has 20 heavy (non-hydrogen) atoms. The van der Waals surface area contributed by atoms with Crippen LogP contribution in [-0.4, -0.2) is 23.4 Å². The molecule has 1 unspecified atom stereocenters. The van der Waals surface area contributed by atoms with E-state index in [1.165, 1.54) is 0 Å². The molecule has 0 heterocycles. The van der Waals surface area contributed by atoms with Gasteiger partial charge in [-0.15, -0.1) is 0 Å². The van der Waals surface area contributed by atoms with E-state index in [0.29, 0.717) is 5.56 Å². The summed E-state index contributed by atoms with van der Waals surface area (Å²) in [5, 5.41) is 6.07. The number of nitrogens with one attached hydrogen (secondary N) is 2. The Kier molecular flexibility index (Phi) is 5.13. The van der Waals surface area contributed by atoms with Gasteiger partial charge in [0, 0.05) is 16.8 Å². The number of hydrogen-bond acceptors (Lipinski definition) is 3. The number of carbonyl (C=O) groups is 2. The maximum atomic E-state index is 12.0. The number of carbonyl (C=O) groups excluding carboxylic acids is 2. The fraction of sp³-hybridized carbons (Fsp3) is 0.467. The molecule has 0 spiro atoms. The zero-order valence-corrected chi connectivity index (χ0v) is 12.5. The summed E-state index contributed by atoms with van der Waals surface area (Å²) in [5.41, 5.74) is 6.17. The van der Waals surface area contributed by atoms with Crippen LogP contribution in [0.2, 0.25) is 0 Å². The van der Waals surface area contributed by atoms with Crippen LogP contribution < -0.4 is 16.4 Å². The summed E-state index contributed by atoms with van der Waals surface area (Å²) < 4.78 is 0. The fourth-order valence-corrected chi connectivity index (χ4v) is 1.58. The van der Waals surface area contributed by atoms with Gasteiger partial charge in [-0.05, 0) is 51.5 Å². The lowest BCUT2D eigenvalue weighted by atomic mass is 10.0. The molecule has 4 N–H and O–H groups in total. The molecule has 0 fully saturated rings. The van der Waals surface area contributed by atoms with E-state index in [2.05, 4.69) is 10.6 Å². The van der Waals surface area contributed by atoms with E-state index < -0.39 is 5.91 Å². The monoisotopic (exact) mass is 277 g/mol. The molecule has 5 heteroatoms. The summed E-state index contributed by atoms with van der Waals surface area (Å²) in [5.74, 6) is -0.525. The Balaban J connectivity index is 2.63. The topological polar surface area (TPSA) is 84.2 Å². The Morgan fingerprint density at radius 3 is 2.25 bits per heavy atom. The summed E-state index contributed by atoms with van der Waals surface area (Å²) in [6, 6.07) is 6.36. The summed E-state index contributed by atoms with van der Waals surface area (Å²) in [4.78, 5) is 23.0. The molecule has 2 amide bonds. The van der Waals surface area contributed by atoms with Gasteiger partial charge in [0.1, 0.15) is 6.04 Å². The zero-order chi connectivity index (χ0) is 15.3. The quantitative estimate of drug-likeness (QED) is 0.742. The lowest BCUT2D eigenvalue weighted by Crippen LogP contribution is -2.48. The third-order valence-corrected chi connectivity index (χ3v) is 3.29. The third-order valence-electron chi connectivity index (χ3n) is 3.29. The molecule has 1 aromatic rings. The van der Waals surface area contributed by atoms with Gasteiger partial charge in [0.15, 0.2) is 0 Å². The second kappa shape index (κ2) is 6.41. The second-order valence-electron chi connectivity index (χ2n) is 5.53. The minimum Gasteiger partial charge on any atom is -0.374 e. The molecule has 0 aliphatic rings. The van der Waals surface area contributed by atoms with Crippen LogP contribution in [0.25, 0.3) is 0 Å². The molecule has 0 saturated carbocycles. The van der Waals surface area contributed by atoms with Gasteiger partial charge in [-0.3, -0.25) is 9.59 Å². The molecule has 0 radical (unpaired) electrons.